The highest BCUT2D eigenvalue weighted by molar-refractivity contribution is 6.00. The average Bonchev–Trinajstić information content (AvgIpc) is 3.53. The number of fused-ring (bicyclic) bond motifs is 2. The number of halogens is 3. The van der Waals surface area contributed by atoms with Gasteiger partial charge in [-0.3, -0.25) is 5.10 Å². The van der Waals surface area contributed by atoms with Crippen molar-refractivity contribution in [3.63, 3.8) is 0 Å². The Morgan fingerprint density at radius 2 is 1.89 bits per heavy atom. The molecular formula is C28H28F3N3O4. The van der Waals surface area contributed by atoms with Crippen molar-refractivity contribution in [1.29, 1.82) is 0 Å². The summed E-state index contributed by atoms with van der Waals surface area (Å²) in [6.07, 6.45) is 3.21. The number of carboxylic acids is 1. The van der Waals surface area contributed by atoms with Crippen LogP contribution in [0, 0.1) is 11.6 Å². The van der Waals surface area contributed by atoms with E-state index >= 15 is 8.78 Å². The van der Waals surface area contributed by atoms with Gasteiger partial charge in [-0.15, -0.1) is 0 Å². The monoisotopic (exact) mass is 527 g/mol. The molecule has 1 saturated heterocycles. The summed E-state index contributed by atoms with van der Waals surface area (Å²) in [6, 6.07) is 6.42. The topological polar surface area (TPSA) is 89.4 Å². The first-order chi connectivity index (χ1) is 18.3. The van der Waals surface area contributed by atoms with E-state index in [-0.39, 0.29) is 48.8 Å². The second-order valence-electron chi connectivity index (χ2n) is 10.3. The van der Waals surface area contributed by atoms with Crippen LogP contribution < -0.4 is 4.74 Å². The highest BCUT2D eigenvalue weighted by Crippen LogP contribution is 2.49. The lowest BCUT2D eigenvalue weighted by Gasteiger charge is -2.33. The van der Waals surface area contributed by atoms with Crippen LogP contribution in [0.25, 0.3) is 27.5 Å². The van der Waals surface area contributed by atoms with Crippen molar-refractivity contribution >= 4 is 27.8 Å². The Hall–Kier alpha value is -3.53. The molecule has 0 bridgehead atoms. The molecule has 1 aliphatic heterocycles. The molecule has 10 heteroatoms. The lowest BCUT2D eigenvalue weighted by atomic mass is 9.75. The summed E-state index contributed by atoms with van der Waals surface area (Å²) in [5.74, 6) is -2.60. The maximum atomic E-state index is 16.3. The Balaban J connectivity index is 1.65. The predicted octanol–water partition coefficient (Wildman–Crippen LogP) is 6.14. The molecule has 3 heterocycles. The summed E-state index contributed by atoms with van der Waals surface area (Å²) in [4.78, 5) is 11.6. The molecule has 7 nitrogen and oxygen atoms in total. The number of aromatic nitrogens is 3. The number of nitrogens with zero attached hydrogens (tertiary/aromatic N) is 2. The fraction of sp³-hybridized carbons (Fsp3) is 0.429. The van der Waals surface area contributed by atoms with Gasteiger partial charge < -0.3 is 19.1 Å². The third kappa shape index (κ3) is 3.84. The molecule has 0 radical (unpaired) electrons. The van der Waals surface area contributed by atoms with Crippen molar-refractivity contribution in [2.24, 2.45) is 0 Å². The van der Waals surface area contributed by atoms with E-state index in [0.717, 1.165) is 11.3 Å². The van der Waals surface area contributed by atoms with Crippen LogP contribution in [0.1, 0.15) is 61.6 Å². The normalized spacial score (nSPS) is 22.8. The lowest BCUT2D eigenvalue weighted by molar-refractivity contribution is -0.153. The first-order valence-electron chi connectivity index (χ1n) is 12.9. The minimum Gasteiger partial charge on any atom is -0.494 e. The highest BCUT2D eigenvalue weighted by atomic mass is 19.1. The molecule has 1 saturated carbocycles. The zero-order valence-electron chi connectivity index (χ0n) is 20.9. The SMILES string of the molecule is COc1cc(-n2c(C3CCOCC3)c(C3CCC(F)(C(=O)O)CC3)c3c(F)c4[nH]ncc4cc32)ccc1F. The fourth-order valence-corrected chi connectivity index (χ4v) is 6.28. The largest absolute Gasteiger partial charge is 0.494 e. The van der Waals surface area contributed by atoms with E-state index in [0.29, 0.717) is 48.0 Å². The Labute approximate surface area is 216 Å². The number of H-pyrrole nitrogens is 1. The van der Waals surface area contributed by atoms with Crippen LogP contribution in [0.5, 0.6) is 5.75 Å². The fourth-order valence-electron chi connectivity index (χ4n) is 6.28. The van der Waals surface area contributed by atoms with E-state index in [2.05, 4.69) is 10.2 Å². The number of aromatic amines is 1. The summed E-state index contributed by atoms with van der Waals surface area (Å²) < 4.78 is 58.6. The van der Waals surface area contributed by atoms with Gasteiger partial charge in [0, 0.05) is 47.4 Å². The zero-order valence-corrected chi connectivity index (χ0v) is 20.9. The third-order valence-corrected chi connectivity index (χ3v) is 8.25. The second-order valence-corrected chi connectivity index (χ2v) is 10.3. The van der Waals surface area contributed by atoms with E-state index in [4.69, 9.17) is 9.47 Å². The molecule has 2 N–H and O–H groups in total. The smallest absolute Gasteiger partial charge is 0.341 e. The number of carbonyl (C=O) groups is 1. The van der Waals surface area contributed by atoms with Gasteiger partial charge in [0.2, 0.25) is 5.67 Å². The number of benzene rings is 2. The number of alkyl halides is 1. The molecule has 2 aliphatic rings. The molecule has 0 amide bonds. The first-order valence-corrected chi connectivity index (χ1v) is 12.9. The van der Waals surface area contributed by atoms with Gasteiger partial charge in [0.1, 0.15) is 5.52 Å². The molecule has 0 unspecified atom stereocenters. The highest BCUT2D eigenvalue weighted by Gasteiger charge is 2.44. The minimum atomic E-state index is -2.28. The van der Waals surface area contributed by atoms with Gasteiger partial charge in [0.05, 0.1) is 18.8 Å². The molecular weight excluding hydrogens is 499 g/mol. The van der Waals surface area contributed by atoms with Crippen LogP contribution in [0.2, 0.25) is 0 Å². The third-order valence-electron chi connectivity index (χ3n) is 8.25. The first kappa shape index (κ1) is 24.8. The molecule has 200 valence electrons. The van der Waals surface area contributed by atoms with Crippen molar-refractivity contribution < 1.29 is 32.5 Å². The van der Waals surface area contributed by atoms with Crippen molar-refractivity contribution in [2.75, 3.05) is 20.3 Å². The number of ether oxygens (including phenoxy) is 2. The molecule has 38 heavy (non-hydrogen) atoms. The van der Waals surface area contributed by atoms with Crippen LogP contribution in [0.15, 0.2) is 30.5 Å². The second kappa shape index (κ2) is 9.34. The molecule has 2 aromatic carbocycles. The number of hydrogen-bond donors (Lipinski definition) is 2. The van der Waals surface area contributed by atoms with Crippen molar-refractivity contribution in [3.8, 4) is 11.4 Å². The molecule has 2 aromatic heterocycles. The van der Waals surface area contributed by atoms with E-state index in [1.807, 2.05) is 10.6 Å². The van der Waals surface area contributed by atoms with Gasteiger partial charge in [-0.1, -0.05) is 0 Å². The average molecular weight is 528 g/mol. The Bertz CT molecular complexity index is 1530. The Morgan fingerprint density at radius 3 is 2.58 bits per heavy atom. The predicted molar refractivity (Wildman–Crippen MR) is 135 cm³/mol. The number of nitrogens with one attached hydrogen (secondary N) is 1. The van der Waals surface area contributed by atoms with E-state index in [1.165, 1.54) is 13.2 Å². The van der Waals surface area contributed by atoms with Gasteiger partial charge in [0.15, 0.2) is 17.4 Å². The van der Waals surface area contributed by atoms with Crippen molar-refractivity contribution in [2.45, 2.75) is 56.0 Å². The van der Waals surface area contributed by atoms with Crippen molar-refractivity contribution in [3.05, 3.63) is 53.4 Å². The van der Waals surface area contributed by atoms with Crippen LogP contribution >= 0.6 is 0 Å². The molecule has 1 aliphatic carbocycles. The van der Waals surface area contributed by atoms with Gasteiger partial charge in [-0.2, -0.15) is 5.10 Å². The summed E-state index contributed by atoms with van der Waals surface area (Å²) in [6.45, 7) is 1.09. The standard InChI is InChI=1S/C28H28F3N3O4/c1-37-21-13-18(2-3-19(21)29)34-20-12-17-14-32-33-25(17)24(30)23(20)22(26(34)16-6-10-38-11-7-16)15-4-8-28(31,9-5-15)27(35)36/h2-3,12-16H,4-11H2,1H3,(H,32,33)(H,35,36). The van der Waals surface area contributed by atoms with Gasteiger partial charge in [-0.25, -0.2) is 18.0 Å². The summed E-state index contributed by atoms with van der Waals surface area (Å²) in [5.41, 5.74) is 0.834. The maximum absolute atomic E-state index is 16.3. The van der Waals surface area contributed by atoms with Crippen LogP contribution in [-0.2, 0) is 9.53 Å². The molecule has 0 spiro atoms. The lowest BCUT2D eigenvalue weighted by Crippen LogP contribution is -2.37. The summed E-state index contributed by atoms with van der Waals surface area (Å²) in [5, 5.41) is 17.2. The number of carboxylic acid groups (broad SMARTS) is 1. The van der Waals surface area contributed by atoms with Gasteiger partial charge in [0.25, 0.3) is 0 Å². The maximum Gasteiger partial charge on any atom is 0.341 e. The molecule has 6 rings (SSSR count). The Morgan fingerprint density at radius 1 is 1.16 bits per heavy atom. The van der Waals surface area contributed by atoms with Crippen LogP contribution in [0.3, 0.4) is 0 Å². The summed E-state index contributed by atoms with van der Waals surface area (Å²) in [7, 11) is 1.39. The number of hydrogen-bond acceptors (Lipinski definition) is 4. The van der Waals surface area contributed by atoms with Gasteiger partial charge in [-0.05, 0) is 68.2 Å². The van der Waals surface area contributed by atoms with Crippen molar-refractivity contribution in [1.82, 2.24) is 14.8 Å². The minimum absolute atomic E-state index is 0.00889. The molecule has 0 atom stereocenters. The summed E-state index contributed by atoms with van der Waals surface area (Å²) >= 11 is 0. The number of aliphatic carboxylic acids is 1. The van der Waals surface area contributed by atoms with Crippen LogP contribution in [0.4, 0.5) is 13.2 Å². The molecule has 2 fully saturated rings. The quantitative estimate of drug-likeness (QED) is 0.326. The van der Waals surface area contributed by atoms with Gasteiger partial charge >= 0.3 is 5.97 Å². The van der Waals surface area contributed by atoms with E-state index in [9.17, 15) is 14.3 Å². The van der Waals surface area contributed by atoms with Crippen LogP contribution in [-0.4, -0.2) is 51.8 Å². The number of methoxy groups -OCH3 is 1. The molecule has 4 aromatic rings. The van der Waals surface area contributed by atoms with E-state index in [1.54, 1.807) is 18.3 Å². The zero-order chi connectivity index (χ0) is 26.6. The Kier molecular flexibility index (Phi) is 6.09. The number of rotatable bonds is 5. The van der Waals surface area contributed by atoms with E-state index < -0.39 is 23.3 Å².